The molecule has 0 amide bonds. The predicted molar refractivity (Wildman–Crippen MR) is 116 cm³/mol. The van der Waals surface area contributed by atoms with Gasteiger partial charge < -0.3 is 20.7 Å². The van der Waals surface area contributed by atoms with E-state index in [-0.39, 0.29) is 0 Å². The number of nitrogens with one attached hydrogen (secondary N) is 3. The Kier molecular flexibility index (Phi) is 7.23. The lowest BCUT2D eigenvalue weighted by molar-refractivity contribution is 0.185. The molecule has 2 aromatic rings. The summed E-state index contributed by atoms with van der Waals surface area (Å²) in [5, 5.41) is 10.4. The predicted octanol–water partition coefficient (Wildman–Crippen LogP) is 3.71. The van der Waals surface area contributed by atoms with Gasteiger partial charge >= 0.3 is 0 Å². The molecule has 1 aromatic heterocycles. The fourth-order valence-corrected chi connectivity index (χ4v) is 3.65. The van der Waals surface area contributed by atoms with Crippen LogP contribution >= 0.6 is 0 Å². The van der Waals surface area contributed by atoms with E-state index in [1.807, 2.05) is 19.3 Å². The van der Waals surface area contributed by atoms with Crippen molar-refractivity contribution < 1.29 is 4.74 Å². The Hall–Kier alpha value is -2.63. The molecule has 0 atom stereocenters. The minimum Gasteiger partial charge on any atom is -0.386 e. The molecule has 1 aliphatic heterocycles. The van der Waals surface area contributed by atoms with Gasteiger partial charge in [0.25, 0.3) is 0 Å². The topological polar surface area (TPSA) is 58.2 Å². The molecule has 0 bridgehead atoms. The third-order valence-electron chi connectivity index (χ3n) is 4.95. The van der Waals surface area contributed by atoms with Gasteiger partial charge in [0.2, 0.25) is 0 Å². The Labute approximate surface area is 167 Å². The summed E-state index contributed by atoms with van der Waals surface area (Å²) in [4.78, 5) is 4.18. The molecule has 28 heavy (non-hydrogen) atoms. The van der Waals surface area contributed by atoms with Gasteiger partial charge in [-0.3, -0.25) is 4.98 Å². The Balaban J connectivity index is 1.89. The highest BCUT2D eigenvalue weighted by atomic mass is 16.5. The first kappa shape index (κ1) is 20.1. The molecule has 0 aliphatic carbocycles. The summed E-state index contributed by atoms with van der Waals surface area (Å²) in [6.07, 6.45) is 6.82. The van der Waals surface area contributed by atoms with E-state index in [1.54, 1.807) is 13.3 Å². The molecule has 1 aliphatic rings. The smallest absolute Gasteiger partial charge is 0.0713 e. The number of ether oxygens (including phenoxy) is 1. The van der Waals surface area contributed by atoms with Crippen molar-refractivity contribution in [3.05, 3.63) is 76.8 Å². The van der Waals surface area contributed by atoms with Crippen LogP contribution < -0.4 is 16.0 Å². The first-order valence-corrected chi connectivity index (χ1v) is 9.81. The molecule has 1 aromatic carbocycles. The lowest BCUT2D eigenvalue weighted by Gasteiger charge is -2.27. The van der Waals surface area contributed by atoms with Crippen LogP contribution in [-0.4, -0.2) is 32.2 Å². The quantitative estimate of drug-likeness (QED) is 0.621. The summed E-state index contributed by atoms with van der Waals surface area (Å²) in [6, 6.07) is 10.6. The van der Waals surface area contributed by atoms with Crippen LogP contribution in [0, 0.1) is 0 Å². The van der Waals surface area contributed by atoms with Gasteiger partial charge in [-0.2, -0.15) is 0 Å². The second-order valence-electron chi connectivity index (χ2n) is 6.92. The number of anilines is 1. The molecular formula is C23H30N4O. The highest BCUT2D eigenvalue weighted by Gasteiger charge is 2.20. The highest BCUT2D eigenvalue weighted by Crippen LogP contribution is 2.36. The van der Waals surface area contributed by atoms with Gasteiger partial charge in [0.15, 0.2) is 0 Å². The molecule has 0 unspecified atom stereocenters. The fraction of sp³-hybridized carbons (Fsp3) is 0.348. The van der Waals surface area contributed by atoms with Gasteiger partial charge in [-0.25, -0.2) is 0 Å². The minimum absolute atomic E-state index is 0.630. The molecule has 148 valence electrons. The monoisotopic (exact) mass is 378 g/mol. The first-order chi connectivity index (χ1) is 13.8. The van der Waals surface area contributed by atoms with Crippen LogP contribution in [0.5, 0.6) is 0 Å². The third kappa shape index (κ3) is 4.80. The van der Waals surface area contributed by atoms with E-state index >= 15 is 0 Å². The Morgan fingerprint density at radius 2 is 2.18 bits per heavy atom. The molecule has 0 saturated carbocycles. The molecule has 0 saturated heterocycles. The van der Waals surface area contributed by atoms with E-state index in [1.165, 1.54) is 39.1 Å². The first-order valence-electron chi connectivity index (χ1n) is 9.81. The molecular weight excluding hydrogens is 348 g/mol. The molecule has 0 radical (unpaired) electrons. The molecule has 3 N–H and O–H groups in total. The van der Waals surface area contributed by atoms with Crippen molar-refractivity contribution in [1.29, 1.82) is 0 Å². The average Bonchev–Trinajstić information content (AvgIpc) is 2.73. The second-order valence-corrected chi connectivity index (χ2v) is 6.92. The number of benzene rings is 1. The largest absolute Gasteiger partial charge is 0.386 e. The standard InChI is InChI=1S/C23H30N4O/c1-4-20-21-10-17(16-28-3)7-8-23(21)27-15-22(20)19(13-24-2)14-26-12-18-6-5-9-25-11-18/h5-11,14,24,26-27H,4,12-13,15-16H2,1-3H3/b19-14+. The number of allylic oxidation sites excluding steroid dienone is 1. The Morgan fingerprint density at radius 3 is 2.89 bits per heavy atom. The van der Waals surface area contributed by atoms with Gasteiger partial charge in [-0.05, 0) is 59.5 Å². The van der Waals surface area contributed by atoms with E-state index < -0.39 is 0 Å². The zero-order chi connectivity index (χ0) is 19.8. The second kappa shape index (κ2) is 10.1. The van der Waals surface area contributed by atoms with Crippen molar-refractivity contribution in [2.45, 2.75) is 26.5 Å². The molecule has 3 rings (SSSR count). The molecule has 2 heterocycles. The zero-order valence-corrected chi connectivity index (χ0v) is 17.0. The van der Waals surface area contributed by atoms with Crippen molar-refractivity contribution in [3.8, 4) is 0 Å². The fourth-order valence-electron chi connectivity index (χ4n) is 3.65. The van der Waals surface area contributed by atoms with Crippen molar-refractivity contribution >= 4 is 11.3 Å². The minimum atomic E-state index is 0.630. The maximum atomic E-state index is 5.32. The zero-order valence-electron chi connectivity index (χ0n) is 17.0. The number of pyridine rings is 1. The number of methoxy groups -OCH3 is 1. The van der Waals surface area contributed by atoms with Crippen molar-refractivity contribution in [2.24, 2.45) is 0 Å². The molecule has 0 fully saturated rings. The van der Waals surface area contributed by atoms with Gasteiger partial charge in [0.1, 0.15) is 0 Å². The van der Waals surface area contributed by atoms with Crippen LogP contribution in [0.15, 0.2) is 60.1 Å². The van der Waals surface area contributed by atoms with E-state index in [4.69, 9.17) is 4.74 Å². The number of rotatable bonds is 9. The lowest BCUT2D eigenvalue weighted by atomic mass is 9.88. The van der Waals surface area contributed by atoms with Crippen LogP contribution in [0.1, 0.15) is 30.0 Å². The van der Waals surface area contributed by atoms with Crippen molar-refractivity contribution in [2.75, 3.05) is 32.6 Å². The maximum absolute atomic E-state index is 5.32. The highest BCUT2D eigenvalue weighted by molar-refractivity contribution is 5.84. The molecule has 5 nitrogen and oxygen atoms in total. The summed E-state index contributed by atoms with van der Waals surface area (Å²) in [5.74, 6) is 0. The van der Waals surface area contributed by atoms with Crippen LogP contribution in [-0.2, 0) is 17.9 Å². The summed E-state index contributed by atoms with van der Waals surface area (Å²) in [5.41, 5.74) is 8.89. The van der Waals surface area contributed by atoms with Crippen LogP contribution in [0.2, 0.25) is 0 Å². The number of likely N-dealkylation sites (N-methyl/N-ethyl adjacent to an activating group) is 1. The summed E-state index contributed by atoms with van der Waals surface area (Å²) in [7, 11) is 3.73. The summed E-state index contributed by atoms with van der Waals surface area (Å²) in [6.45, 7) is 5.27. The Bertz CT molecular complexity index is 843. The number of nitrogens with zero attached hydrogens (tertiary/aromatic N) is 1. The van der Waals surface area contributed by atoms with E-state index in [0.717, 1.165) is 26.1 Å². The molecule has 0 spiro atoms. The molecule has 5 heteroatoms. The van der Waals surface area contributed by atoms with Crippen molar-refractivity contribution in [1.82, 2.24) is 15.6 Å². The van der Waals surface area contributed by atoms with Crippen molar-refractivity contribution in [3.63, 3.8) is 0 Å². The summed E-state index contributed by atoms with van der Waals surface area (Å²) >= 11 is 0. The summed E-state index contributed by atoms with van der Waals surface area (Å²) < 4.78 is 5.32. The van der Waals surface area contributed by atoms with Gasteiger partial charge in [0, 0.05) is 56.6 Å². The van der Waals surface area contributed by atoms with Crippen LogP contribution in [0.25, 0.3) is 5.57 Å². The third-order valence-corrected chi connectivity index (χ3v) is 4.95. The van der Waals surface area contributed by atoms with Gasteiger partial charge in [-0.15, -0.1) is 0 Å². The van der Waals surface area contributed by atoms with Gasteiger partial charge in [-0.1, -0.05) is 19.1 Å². The van der Waals surface area contributed by atoms with E-state index in [0.29, 0.717) is 6.61 Å². The maximum Gasteiger partial charge on any atom is 0.0713 e. The number of fused-ring (bicyclic) bond motifs is 1. The number of hydrogen-bond donors (Lipinski definition) is 3. The number of aromatic nitrogens is 1. The Morgan fingerprint density at radius 1 is 1.29 bits per heavy atom. The van der Waals surface area contributed by atoms with Gasteiger partial charge in [0.05, 0.1) is 6.61 Å². The van der Waals surface area contributed by atoms with Crippen LogP contribution in [0.4, 0.5) is 5.69 Å². The average molecular weight is 379 g/mol. The number of hydrogen-bond acceptors (Lipinski definition) is 5. The normalized spacial score (nSPS) is 13.9. The SMILES string of the molecule is CCC1=C(/C(=C/NCc2cccnc2)CNC)CNc2ccc(COC)cc21. The van der Waals surface area contributed by atoms with E-state index in [9.17, 15) is 0 Å². The lowest BCUT2D eigenvalue weighted by Crippen LogP contribution is -2.22. The van der Waals surface area contributed by atoms with Crippen LogP contribution in [0.3, 0.4) is 0 Å². The van der Waals surface area contributed by atoms with E-state index in [2.05, 4.69) is 58.3 Å².